The topological polar surface area (TPSA) is 0 Å². The van der Waals surface area contributed by atoms with Gasteiger partial charge in [0.15, 0.2) is 0 Å². The van der Waals surface area contributed by atoms with Gasteiger partial charge in [0.05, 0.1) is 0 Å². The Balaban J connectivity index is 0.000000180. The SMILES string of the molecule is Cc1cc(C)cc(C)c1.Cc1ccc(C)c(C)c1. The van der Waals surface area contributed by atoms with Gasteiger partial charge in [-0.2, -0.15) is 0 Å². The molecule has 0 N–H and O–H groups in total. The molecule has 0 unspecified atom stereocenters. The molecule has 0 atom stereocenters. The van der Waals surface area contributed by atoms with Gasteiger partial charge in [0.1, 0.15) is 0 Å². The predicted octanol–water partition coefficient (Wildman–Crippen LogP) is 5.22. The maximum atomic E-state index is 2.20. The van der Waals surface area contributed by atoms with Gasteiger partial charge in [-0.15, -0.1) is 0 Å². The van der Waals surface area contributed by atoms with Crippen LogP contribution in [-0.2, 0) is 0 Å². The maximum Gasteiger partial charge on any atom is -0.0395 e. The van der Waals surface area contributed by atoms with Gasteiger partial charge in [-0.1, -0.05) is 58.7 Å². The van der Waals surface area contributed by atoms with E-state index in [1.807, 2.05) is 0 Å². The minimum Gasteiger partial charge on any atom is -0.0590 e. The van der Waals surface area contributed by atoms with Crippen molar-refractivity contribution in [2.75, 3.05) is 0 Å². The van der Waals surface area contributed by atoms with Crippen LogP contribution in [0, 0.1) is 41.5 Å². The lowest BCUT2D eigenvalue weighted by molar-refractivity contribution is 1.30. The second-order valence-corrected chi connectivity index (χ2v) is 5.25. The van der Waals surface area contributed by atoms with Crippen molar-refractivity contribution in [2.24, 2.45) is 0 Å². The first-order valence-corrected chi connectivity index (χ1v) is 6.47. The lowest BCUT2D eigenvalue weighted by atomic mass is 10.1. The van der Waals surface area contributed by atoms with E-state index < -0.39 is 0 Å². The maximum absolute atomic E-state index is 2.20. The average molecular weight is 240 g/mol. The Bertz CT molecular complexity index is 471. The van der Waals surface area contributed by atoms with Crippen molar-refractivity contribution in [3.63, 3.8) is 0 Å². The summed E-state index contributed by atoms with van der Waals surface area (Å²) >= 11 is 0. The summed E-state index contributed by atoms with van der Waals surface area (Å²) in [5.41, 5.74) is 8.17. The number of benzene rings is 2. The van der Waals surface area contributed by atoms with Crippen LogP contribution in [0.4, 0.5) is 0 Å². The van der Waals surface area contributed by atoms with Crippen LogP contribution in [0.2, 0.25) is 0 Å². The fraction of sp³-hybridized carbons (Fsp3) is 0.333. The summed E-state index contributed by atoms with van der Waals surface area (Å²) in [6.45, 7) is 12.8. The molecule has 0 heteroatoms. The first-order valence-electron chi connectivity index (χ1n) is 6.47. The van der Waals surface area contributed by atoms with Crippen LogP contribution in [0.15, 0.2) is 36.4 Å². The molecule has 0 aliphatic carbocycles. The normalized spacial score (nSPS) is 9.67. The van der Waals surface area contributed by atoms with E-state index in [0.29, 0.717) is 0 Å². The van der Waals surface area contributed by atoms with Crippen LogP contribution in [-0.4, -0.2) is 0 Å². The molecule has 0 aromatic heterocycles. The predicted molar refractivity (Wildman–Crippen MR) is 81.3 cm³/mol. The highest BCUT2D eigenvalue weighted by Gasteiger charge is 1.89. The molecule has 0 aliphatic rings. The lowest BCUT2D eigenvalue weighted by Crippen LogP contribution is -1.79. The van der Waals surface area contributed by atoms with Crippen molar-refractivity contribution in [3.8, 4) is 0 Å². The van der Waals surface area contributed by atoms with E-state index >= 15 is 0 Å². The molecule has 0 heterocycles. The van der Waals surface area contributed by atoms with Crippen LogP contribution >= 0.6 is 0 Å². The van der Waals surface area contributed by atoms with Gasteiger partial charge in [-0.25, -0.2) is 0 Å². The molecule has 0 saturated heterocycles. The summed E-state index contributed by atoms with van der Waals surface area (Å²) in [5.74, 6) is 0. The zero-order valence-electron chi connectivity index (χ0n) is 12.5. The third-order valence-electron chi connectivity index (χ3n) is 3.03. The van der Waals surface area contributed by atoms with Gasteiger partial charge >= 0.3 is 0 Å². The molecule has 0 saturated carbocycles. The Hall–Kier alpha value is -1.56. The van der Waals surface area contributed by atoms with E-state index in [1.54, 1.807) is 0 Å². The molecule has 18 heavy (non-hydrogen) atoms. The molecule has 2 aromatic carbocycles. The molecule has 0 spiro atoms. The highest BCUT2D eigenvalue weighted by atomic mass is 14.0. The smallest absolute Gasteiger partial charge is 0.0395 e. The average Bonchev–Trinajstić information content (AvgIpc) is 2.23. The minimum atomic E-state index is 1.35. The molecular weight excluding hydrogens is 216 g/mol. The summed E-state index contributed by atoms with van der Waals surface area (Å²) in [5, 5.41) is 0. The van der Waals surface area contributed by atoms with Gasteiger partial charge in [0.2, 0.25) is 0 Å². The Labute approximate surface area is 112 Å². The summed E-state index contributed by atoms with van der Waals surface area (Å²) in [4.78, 5) is 0. The number of aryl methyl sites for hydroxylation is 6. The zero-order valence-corrected chi connectivity index (χ0v) is 12.5. The van der Waals surface area contributed by atoms with E-state index in [0.717, 1.165) is 0 Å². The molecule has 0 nitrogen and oxygen atoms in total. The molecule has 2 rings (SSSR count). The Morgan fingerprint density at radius 2 is 0.889 bits per heavy atom. The van der Waals surface area contributed by atoms with Crippen molar-refractivity contribution < 1.29 is 0 Å². The molecule has 0 radical (unpaired) electrons. The molecular formula is C18H24. The highest BCUT2D eigenvalue weighted by Crippen LogP contribution is 2.07. The first kappa shape index (κ1) is 14.5. The van der Waals surface area contributed by atoms with E-state index in [2.05, 4.69) is 77.9 Å². The van der Waals surface area contributed by atoms with Gasteiger partial charge < -0.3 is 0 Å². The van der Waals surface area contributed by atoms with Crippen LogP contribution in [0.3, 0.4) is 0 Å². The lowest BCUT2D eigenvalue weighted by Gasteiger charge is -1.98. The van der Waals surface area contributed by atoms with Crippen molar-refractivity contribution in [3.05, 3.63) is 69.8 Å². The van der Waals surface area contributed by atoms with Crippen LogP contribution in [0.25, 0.3) is 0 Å². The fourth-order valence-corrected chi connectivity index (χ4v) is 2.09. The largest absolute Gasteiger partial charge is 0.0590 e. The Kier molecular flexibility index (Phi) is 5.15. The minimum absolute atomic E-state index is 1.35. The van der Waals surface area contributed by atoms with E-state index in [-0.39, 0.29) is 0 Å². The standard InChI is InChI=1S/2C9H12/c1-7-4-8(2)6-9(3)5-7;1-7-4-5-8(2)9(3)6-7/h2*4-6H,1-3H3. The van der Waals surface area contributed by atoms with Crippen LogP contribution < -0.4 is 0 Å². The number of hydrogen-bond acceptors (Lipinski definition) is 0. The van der Waals surface area contributed by atoms with Crippen molar-refractivity contribution in [1.29, 1.82) is 0 Å². The summed E-state index contributed by atoms with van der Waals surface area (Å²) in [6, 6.07) is 13.1. The highest BCUT2D eigenvalue weighted by molar-refractivity contribution is 5.29. The number of rotatable bonds is 0. The molecule has 0 bridgehead atoms. The summed E-state index contributed by atoms with van der Waals surface area (Å²) < 4.78 is 0. The first-order chi connectivity index (χ1) is 8.38. The molecule has 96 valence electrons. The van der Waals surface area contributed by atoms with Crippen molar-refractivity contribution in [2.45, 2.75) is 41.5 Å². The number of hydrogen-bond donors (Lipinski definition) is 0. The van der Waals surface area contributed by atoms with Gasteiger partial charge in [0, 0.05) is 0 Å². The van der Waals surface area contributed by atoms with Crippen LogP contribution in [0.5, 0.6) is 0 Å². The van der Waals surface area contributed by atoms with Gasteiger partial charge in [-0.05, 0) is 52.7 Å². The molecule has 0 aliphatic heterocycles. The molecule has 0 fully saturated rings. The van der Waals surface area contributed by atoms with Crippen LogP contribution in [0.1, 0.15) is 33.4 Å². The zero-order chi connectivity index (χ0) is 13.7. The summed E-state index contributed by atoms with van der Waals surface area (Å²) in [7, 11) is 0. The quantitative estimate of drug-likeness (QED) is 0.592. The van der Waals surface area contributed by atoms with E-state index in [9.17, 15) is 0 Å². The van der Waals surface area contributed by atoms with Crippen molar-refractivity contribution in [1.82, 2.24) is 0 Å². The monoisotopic (exact) mass is 240 g/mol. The third-order valence-corrected chi connectivity index (χ3v) is 3.03. The fourth-order valence-electron chi connectivity index (χ4n) is 2.09. The molecule has 2 aromatic rings. The van der Waals surface area contributed by atoms with Gasteiger partial charge in [-0.3, -0.25) is 0 Å². The van der Waals surface area contributed by atoms with E-state index in [1.165, 1.54) is 33.4 Å². The summed E-state index contributed by atoms with van der Waals surface area (Å²) in [6.07, 6.45) is 0. The van der Waals surface area contributed by atoms with Gasteiger partial charge in [0.25, 0.3) is 0 Å². The second-order valence-electron chi connectivity index (χ2n) is 5.25. The Morgan fingerprint density at radius 1 is 0.444 bits per heavy atom. The second kappa shape index (κ2) is 6.39. The molecule has 0 amide bonds. The van der Waals surface area contributed by atoms with Crippen molar-refractivity contribution >= 4 is 0 Å². The third kappa shape index (κ3) is 4.75. The Morgan fingerprint density at radius 3 is 1.22 bits per heavy atom. The van der Waals surface area contributed by atoms with E-state index in [4.69, 9.17) is 0 Å².